The monoisotopic (exact) mass is 569 g/mol. The number of pyridine rings is 1. The van der Waals surface area contributed by atoms with Crippen LogP contribution >= 0.6 is 11.6 Å². The zero-order valence-electron chi connectivity index (χ0n) is 21.8. The number of hydrogen-bond donors (Lipinski definition) is 3. The Hall–Kier alpha value is -4.55. The Morgan fingerprint density at radius 2 is 2.00 bits per heavy atom. The van der Waals surface area contributed by atoms with E-state index >= 15 is 4.39 Å². The lowest BCUT2D eigenvalue weighted by atomic mass is 10.0. The number of likely N-dealkylation sites (N-methyl/N-ethyl adjacent to an activating group) is 1. The van der Waals surface area contributed by atoms with Crippen LogP contribution in [0, 0.1) is 0 Å². The predicted octanol–water partition coefficient (Wildman–Crippen LogP) is 4.18. The van der Waals surface area contributed by atoms with Crippen LogP contribution in [0.4, 0.5) is 14.7 Å². The summed E-state index contributed by atoms with van der Waals surface area (Å²) in [5.41, 5.74) is -0.904. The van der Waals surface area contributed by atoms with E-state index in [-0.39, 0.29) is 39.9 Å². The van der Waals surface area contributed by atoms with Crippen LogP contribution in [0.5, 0.6) is 0 Å². The molecule has 1 atom stereocenters. The average molecular weight is 570 g/mol. The molecule has 3 N–H and O–H groups in total. The molecule has 3 aromatic heterocycles. The van der Waals surface area contributed by atoms with Gasteiger partial charge in [-0.05, 0) is 56.8 Å². The third-order valence-electron chi connectivity index (χ3n) is 5.92. The first-order valence-corrected chi connectivity index (χ1v) is 12.4. The molecule has 0 fully saturated rings. The third kappa shape index (κ3) is 5.87. The summed E-state index contributed by atoms with van der Waals surface area (Å²) in [4.78, 5) is 35.4. The summed E-state index contributed by atoms with van der Waals surface area (Å²) >= 11 is 6.02. The molecule has 4 rings (SSSR count). The van der Waals surface area contributed by atoms with Gasteiger partial charge in [0.05, 0.1) is 30.3 Å². The normalized spacial score (nSPS) is 17.1. The van der Waals surface area contributed by atoms with Crippen LogP contribution in [0.1, 0.15) is 13.8 Å². The number of hydrogen-bond acceptors (Lipinski definition) is 7. The first kappa shape index (κ1) is 28.5. The number of aromatic nitrogens is 5. The number of aliphatic hydroxyl groups is 1. The Balaban J connectivity index is 1.96. The molecule has 0 saturated carbocycles. The minimum atomic E-state index is -0.990. The van der Waals surface area contributed by atoms with Gasteiger partial charge in [0, 0.05) is 22.9 Å². The van der Waals surface area contributed by atoms with E-state index in [1.54, 1.807) is 31.4 Å². The Morgan fingerprint density at radius 3 is 2.67 bits per heavy atom. The maximum absolute atomic E-state index is 15.1. The Morgan fingerprint density at radius 1 is 1.25 bits per heavy atom. The molecule has 208 valence electrons. The van der Waals surface area contributed by atoms with E-state index in [0.717, 1.165) is 16.1 Å². The first-order chi connectivity index (χ1) is 19.0. The van der Waals surface area contributed by atoms with Crippen LogP contribution in [0.3, 0.4) is 0 Å². The minimum absolute atomic E-state index is 0.0952. The Kier molecular flexibility index (Phi) is 8.31. The van der Waals surface area contributed by atoms with Gasteiger partial charge < -0.3 is 15.7 Å². The maximum atomic E-state index is 15.1. The third-order valence-corrected chi connectivity index (χ3v) is 6.03. The molecule has 1 unspecified atom stereocenters. The number of imidazole rings is 1. The van der Waals surface area contributed by atoms with Gasteiger partial charge in [0.1, 0.15) is 23.1 Å². The Bertz CT molecular complexity index is 1770. The molecule has 0 bridgehead atoms. The highest BCUT2D eigenvalue weighted by atomic mass is 35.5. The molecule has 0 aromatic carbocycles. The van der Waals surface area contributed by atoms with Crippen LogP contribution in [0.25, 0.3) is 11.5 Å². The summed E-state index contributed by atoms with van der Waals surface area (Å²) in [6, 6.07) is 4.77. The minimum Gasteiger partial charge on any atom is -0.506 e. The van der Waals surface area contributed by atoms with Crippen molar-refractivity contribution in [1.82, 2.24) is 28.8 Å². The molecule has 0 spiro atoms. The summed E-state index contributed by atoms with van der Waals surface area (Å²) in [5, 5.41) is 16.5. The number of rotatable bonds is 8. The number of allylic oxidation sites excluding steroid dienone is 6. The fraction of sp³-hybridized carbons (Fsp3) is 0.185. The van der Waals surface area contributed by atoms with Crippen LogP contribution in [0.15, 0.2) is 110 Å². The fourth-order valence-electron chi connectivity index (χ4n) is 4.07. The standard InChI is InChI=1S/C27H26ClF2N7O3/c1-15-9-21(22(38)12-20(15)31-4)33-25-34-26(39)37(24-13-32-23-7-5-6-8-35(23)24)27(40)36(25)14-18(10-16(2)28)19(30)11-17(3)29/h5-13,20,31,38H,1,14H2,2-4H3,(H,33,34,39)/b16-10+,17-11+,19-18-. The highest BCUT2D eigenvalue weighted by Crippen LogP contribution is 2.23. The summed E-state index contributed by atoms with van der Waals surface area (Å²) in [6.07, 6.45) is 7.81. The fourth-order valence-corrected chi connectivity index (χ4v) is 4.21. The van der Waals surface area contributed by atoms with Gasteiger partial charge >= 0.3 is 11.4 Å². The van der Waals surface area contributed by atoms with Crippen molar-refractivity contribution in [2.75, 3.05) is 12.4 Å². The molecular formula is C27H26ClF2N7O3. The number of anilines is 1. The lowest BCUT2D eigenvalue weighted by molar-refractivity contribution is 0.416. The van der Waals surface area contributed by atoms with Crippen molar-refractivity contribution in [2.45, 2.75) is 26.4 Å². The number of aliphatic hydroxyl groups excluding tert-OH is 1. The lowest BCUT2D eigenvalue weighted by Crippen LogP contribution is -2.42. The summed E-state index contributed by atoms with van der Waals surface area (Å²) in [6.45, 7) is 5.98. The number of halogens is 3. The second-order valence-corrected chi connectivity index (χ2v) is 9.48. The van der Waals surface area contributed by atoms with E-state index in [2.05, 4.69) is 27.2 Å². The molecule has 0 aliphatic heterocycles. The quantitative estimate of drug-likeness (QED) is 0.348. The van der Waals surface area contributed by atoms with E-state index < -0.39 is 29.6 Å². The molecule has 40 heavy (non-hydrogen) atoms. The number of nitrogens with one attached hydrogen (secondary N) is 2. The molecule has 1 aliphatic rings. The summed E-state index contributed by atoms with van der Waals surface area (Å²) in [5.74, 6) is -2.22. The molecule has 1 aliphatic carbocycles. The zero-order chi connectivity index (χ0) is 29.1. The van der Waals surface area contributed by atoms with Crippen molar-refractivity contribution in [3.63, 3.8) is 0 Å². The van der Waals surface area contributed by atoms with Gasteiger partial charge in [-0.25, -0.2) is 23.4 Å². The van der Waals surface area contributed by atoms with Crippen LogP contribution in [-0.2, 0) is 6.54 Å². The second-order valence-electron chi connectivity index (χ2n) is 8.88. The molecular weight excluding hydrogens is 544 g/mol. The molecule has 3 aromatic rings. The van der Waals surface area contributed by atoms with Crippen molar-refractivity contribution in [2.24, 2.45) is 0 Å². The molecule has 0 radical (unpaired) electrons. The van der Waals surface area contributed by atoms with E-state index in [4.69, 9.17) is 11.6 Å². The van der Waals surface area contributed by atoms with Crippen LogP contribution in [0.2, 0.25) is 0 Å². The molecule has 0 amide bonds. The smallest absolute Gasteiger partial charge is 0.360 e. The molecule has 13 heteroatoms. The molecule has 3 heterocycles. The average Bonchev–Trinajstić information content (AvgIpc) is 3.30. The van der Waals surface area contributed by atoms with Gasteiger partial charge in [-0.1, -0.05) is 24.2 Å². The number of fused-ring (bicyclic) bond motifs is 1. The van der Waals surface area contributed by atoms with Gasteiger partial charge in [0.2, 0.25) is 5.95 Å². The van der Waals surface area contributed by atoms with Crippen LogP contribution < -0.4 is 22.0 Å². The predicted molar refractivity (Wildman–Crippen MR) is 150 cm³/mol. The van der Waals surface area contributed by atoms with Gasteiger partial charge in [0.25, 0.3) is 0 Å². The van der Waals surface area contributed by atoms with Gasteiger partial charge in [0.15, 0.2) is 0 Å². The topological polar surface area (TPSA) is 118 Å². The first-order valence-electron chi connectivity index (χ1n) is 12.0. The van der Waals surface area contributed by atoms with Crippen LogP contribution in [-0.4, -0.2) is 41.7 Å². The van der Waals surface area contributed by atoms with Crippen molar-refractivity contribution in [3.8, 4) is 5.82 Å². The van der Waals surface area contributed by atoms with Crippen molar-refractivity contribution < 1.29 is 13.9 Å². The summed E-state index contributed by atoms with van der Waals surface area (Å²) in [7, 11) is 1.69. The van der Waals surface area contributed by atoms with Gasteiger partial charge in [-0.2, -0.15) is 9.55 Å². The van der Waals surface area contributed by atoms with Crippen molar-refractivity contribution in [3.05, 3.63) is 122 Å². The second kappa shape index (κ2) is 11.7. The van der Waals surface area contributed by atoms with E-state index in [0.29, 0.717) is 17.3 Å². The van der Waals surface area contributed by atoms with E-state index in [1.807, 2.05) is 0 Å². The summed E-state index contributed by atoms with van der Waals surface area (Å²) < 4.78 is 31.9. The van der Waals surface area contributed by atoms with E-state index in [9.17, 15) is 19.1 Å². The zero-order valence-corrected chi connectivity index (χ0v) is 22.6. The Labute approximate surface area is 232 Å². The van der Waals surface area contributed by atoms with Crippen molar-refractivity contribution >= 4 is 23.2 Å². The SMILES string of the molecule is C=C1C=C(Nc2nc(=O)n(-c3cnc4ccccn34)c(=O)n2CC(/C=C(\C)Cl)=C(F)/C=C(\C)F)C(O)=CC1NC. The largest absolute Gasteiger partial charge is 0.506 e. The van der Waals surface area contributed by atoms with E-state index in [1.165, 1.54) is 35.7 Å². The highest BCUT2D eigenvalue weighted by Gasteiger charge is 2.22. The van der Waals surface area contributed by atoms with Gasteiger partial charge in [-0.15, -0.1) is 0 Å². The molecule has 10 nitrogen and oxygen atoms in total. The van der Waals surface area contributed by atoms with Crippen molar-refractivity contribution in [1.29, 1.82) is 0 Å². The maximum Gasteiger partial charge on any atom is 0.360 e. The highest BCUT2D eigenvalue weighted by molar-refractivity contribution is 6.29. The number of nitrogens with zero attached hydrogens (tertiary/aromatic N) is 5. The van der Waals surface area contributed by atoms with Gasteiger partial charge in [-0.3, -0.25) is 8.97 Å². The molecule has 0 saturated heterocycles. The lowest BCUT2D eigenvalue weighted by Gasteiger charge is -2.22.